The molecule has 19 heavy (non-hydrogen) atoms. The fourth-order valence-electron chi connectivity index (χ4n) is 1.60. The lowest BCUT2D eigenvalue weighted by Crippen LogP contribution is -1.86. The number of nitro groups is 1. The van der Waals surface area contributed by atoms with Crippen molar-refractivity contribution in [2.45, 2.75) is 0 Å². The molecule has 0 aliphatic carbocycles. The van der Waals surface area contributed by atoms with Gasteiger partial charge in [-0.15, -0.1) is 0 Å². The molecule has 94 valence electrons. The van der Waals surface area contributed by atoms with E-state index in [-0.39, 0.29) is 5.69 Å². The van der Waals surface area contributed by atoms with Gasteiger partial charge in [0.15, 0.2) is 0 Å². The second kappa shape index (κ2) is 6.31. The van der Waals surface area contributed by atoms with E-state index in [1.54, 1.807) is 12.1 Å². The third-order valence-electron chi connectivity index (χ3n) is 2.59. The first-order chi connectivity index (χ1) is 9.25. The zero-order chi connectivity index (χ0) is 13.5. The van der Waals surface area contributed by atoms with Crippen LogP contribution in [0.3, 0.4) is 0 Å². The van der Waals surface area contributed by atoms with Crippen LogP contribution in [0.2, 0.25) is 0 Å². The van der Waals surface area contributed by atoms with E-state index in [0.717, 1.165) is 11.1 Å². The number of non-ortho nitro benzene ring substituents is 1. The number of nitrogens with zero attached hydrogens (tertiary/aromatic N) is 1. The van der Waals surface area contributed by atoms with Crippen molar-refractivity contribution in [2.75, 3.05) is 0 Å². The van der Waals surface area contributed by atoms with Crippen LogP contribution in [0, 0.1) is 10.1 Å². The lowest BCUT2D eigenvalue weighted by Gasteiger charge is -1.92. The molecule has 0 fully saturated rings. The van der Waals surface area contributed by atoms with Gasteiger partial charge in [-0.05, 0) is 23.3 Å². The van der Waals surface area contributed by atoms with Crippen molar-refractivity contribution >= 4 is 17.8 Å². The summed E-state index contributed by atoms with van der Waals surface area (Å²) in [4.78, 5) is 10.1. The molecular weight excluding hydrogens is 238 g/mol. The Hall–Kier alpha value is -2.68. The molecule has 0 saturated heterocycles. The molecule has 2 aromatic rings. The normalized spacial score (nSPS) is 11.2. The van der Waals surface area contributed by atoms with Crippen molar-refractivity contribution in [1.29, 1.82) is 0 Å². The summed E-state index contributed by atoms with van der Waals surface area (Å²) < 4.78 is 0. The molecule has 2 aromatic carbocycles. The summed E-state index contributed by atoms with van der Waals surface area (Å²) in [6, 6.07) is 16.5. The van der Waals surface area contributed by atoms with Crippen molar-refractivity contribution in [3.8, 4) is 0 Å². The monoisotopic (exact) mass is 251 g/mol. The van der Waals surface area contributed by atoms with Gasteiger partial charge < -0.3 is 0 Å². The Bertz CT molecular complexity index is 598. The predicted octanol–water partition coefficient (Wildman–Crippen LogP) is 4.32. The largest absolute Gasteiger partial charge is 0.269 e. The zero-order valence-corrected chi connectivity index (χ0v) is 10.3. The molecule has 0 spiro atoms. The number of nitro benzene ring substituents is 1. The SMILES string of the molecule is O=[N+]([O-])c1ccc(/C=C\C=C\c2ccccc2)cc1. The van der Waals surface area contributed by atoms with Gasteiger partial charge in [-0.25, -0.2) is 0 Å². The summed E-state index contributed by atoms with van der Waals surface area (Å²) in [5, 5.41) is 10.5. The van der Waals surface area contributed by atoms with E-state index < -0.39 is 4.92 Å². The standard InChI is InChI=1S/C16H13NO2/c18-17(19)16-12-10-15(11-13-16)9-5-4-8-14-6-2-1-3-7-14/h1-13H/b8-4+,9-5-. The minimum absolute atomic E-state index is 0.108. The van der Waals surface area contributed by atoms with E-state index in [2.05, 4.69) is 0 Å². The van der Waals surface area contributed by atoms with Gasteiger partial charge in [0.1, 0.15) is 0 Å². The van der Waals surface area contributed by atoms with Gasteiger partial charge in [-0.3, -0.25) is 10.1 Å². The van der Waals surface area contributed by atoms with Crippen LogP contribution in [-0.4, -0.2) is 4.92 Å². The lowest BCUT2D eigenvalue weighted by atomic mass is 10.2. The van der Waals surface area contributed by atoms with E-state index in [1.807, 2.05) is 54.6 Å². The molecule has 0 amide bonds. The van der Waals surface area contributed by atoms with Crippen LogP contribution in [0.15, 0.2) is 66.7 Å². The van der Waals surface area contributed by atoms with E-state index in [4.69, 9.17) is 0 Å². The highest BCUT2D eigenvalue weighted by atomic mass is 16.6. The fraction of sp³-hybridized carbons (Fsp3) is 0. The van der Waals surface area contributed by atoms with Gasteiger partial charge in [0, 0.05) is 12.1 Å². The van der Waals surface area contributed by atoms with E-state index in [0.29, 0.717) is 0 Å². The quantitative estimate of drug-likeness (QED) is 0.461. The van der Waals surface area contributed by atoms with Crippen molar-refractivity contribution in [3.63, 3.8) is 0 Å². The Morgan fingerprint density at radius 1 is 0.789 bits per heavy atom. The minimum atomic E-state index is -0.400. The predicted molar refractivity (Wildman–Crippen MR) is 77.6 cm³/mol. The number of rotatable bonds is 4. The second-order valence-electron chi connectivity index (χ2n) is 3.98. The molecule has 0 aromatic heterocycles. The van der Waals surface area contributed by atoms with Crippen molar-refractivity contribution < 1.29 is 4.92 Å². The first-order valence-corrected chi connectivity index (χ1v) is 5.90. The summed E-state index contributed by atoms with van der Waals surface area (Å²) >= 11 is 0. The third-order valence-corrected chi connectivity index (χ3v) is 2.59. The van der Waals surface area contributed by atoms with Gasteiger partial charge >= 0.3 is 0 Å². The molecule has 0 aliphatic rings. The zero-order valence-electron chi connectivity index (χ0n) is 10.3. The molecule has 0 unspecified atom stereocenters. The highest BCUT2D eigenvalue weighted by Crippen LogP contribution is 2.13. The van der Waals surface area contributed by atoms with Crippen LogP contribution in [0.25, 0.3) is 12.2 Å². The molecule has 0 aliphatic heterocycles. The average molecular weight is 251 g/mol. The maximum absolute atomic E-state index is 10.5. The average Bonchev–Trinajstić information content (AvgIpc) is 2.45. The molecule has 0 saturated carbocycles. The molecule has 0 heterocycles. The molecule has 2 rings (SSSR count). The number of allylic oxidation sites excluding steroid dienone is 2. The van der Waals surface area contributed by atoms with Gasteiger partial charge in [0.25, 0.3) is 5.69 Å². The smallest absolute Gasteiger partial charge is 0.258 e. The van der Waals surface area contributed by atoms with Gasteiger partial charge in [-0.2, -0.15) is 0 Å². The number of hydrogen-bond acceptors (Lipinski definition) is 2. The topological polar surface area (TPSA) is 43.1 Å². The molecular formula is C16H13NO2. The molecule has 0 bridgehead atoms. The van der Waals surface area contributed by atoms with Crippen molar-refractivity contribution in [1.82, 2.24) is 0 Å². The van der Waals surface area contributed by atoms with Gasteiger partial charge in [0.2, 0.25) is 0 Å². The number of hydrogen-bond donors (Lipinski definition) is 0. The van der Waals surface area contributed by atoms with Crippen LogP contribution in [0.4, 0.5) is 5.69 Å². The Morgan fingerprint density at radius 2 is 1.32 bits per heavy atom. The molecule has 3 nitrogen and oxygen atoms in total. The lowest BCUT2D eigenvalue weighted by molar-refractivity contribution is -0.384. The van der Waals surface area contributed by atoms with Crippen LogP contribution >= 0.6 is 0 Å². The van der Waals surface area contributed by atoms with Crippen LogP contribution in [-0.2, 0) is 0 Å². The fourth-order valence-corrected chi connectivity index (χ4v) is 1.60. The first-order valence-electron chi connectivity index (χ1n) is 5.90. The summed E-state index contributed by atoms with van der Waals surface area (Å²) in [5.74, 6) is 0. The van der Waals surface area contributed by atoms with Crippen LogP contribution in [0.5, 0.6) is 0 Å². The van der Waals surface area contributed by atoms with Crippen molar-refractivity contribution in [2.24, 2.45) is 0 Å². The van der Waals surface area contributed by atoms with Crippen molar-refractivity contribution in [3.05, 3.63) is 88.0 Å². The Kier molecular flexibility index (Phi) is 4.24. The molecule has 0 N–H and O–H groups in total. The Morgan fingerprint density at radius 3 is 1.84 bits per heavy atom. The first kappa shape index (κ1) is 12.8. The Balaban J connectivity index is 1.99. The molecule has 0 atom stereocenters. The van der Waals surface area contributed by atoms with Crippen LogP contribution < -0.4 is 0 Å². The summed E-state index contributed by atoms with van der Waals surface area (Å²) in [7, 11) is 0. The van der Waals surface area contributed by atoms with E-state index >= 15 is 0 Å². The maximum Gasteiger partial charge on any atom is 0.269 e. The van der Waals surface area contributed by atoms with Crippen LogP contribution in [0.1, 0.15) is 11.1 Å². The van der Waals surface area contributed by atoms with E-state index in [1.165, 1.54) is 12.1 Å². The highest BCUT2D eigenvalue weighted by Gasteiger charge is 2.01. The molecule has 0 radical (unpaired) electrons. The van der Waals surface area contributed by atoms with Gasteiger partial charge in [0.05, 0.1) is 4.92 Å². The highest BCUT2D eigenvalue weighted by molar-refractivity contribution is 5.57. The molecule has 3 heteroatoms. The second-order valence-corrected chi connectivity index (χ2v) is 3.98. The third kappa shape index (κ3) is 3.92. The van der Waals surface area contributed by atoms with E-state index in [9.17, 15) is 10.1 Å². The number of benzene rings is 2. The minimum Gasteiger partial charge on any atom is -0.258 e. The summed E-state index contributed by atoms with van der Waals surface area (Å²) in [6.07, 6.45) is 7.76. The van der Waals surface area contributed by atoms with Gasteiger partial charge in [-0.1, -0.05) is 54.6 Å². The maximum atomic E-state index is 10.5. The Labute approximate surface area is 111 Å². The summed E-state index contributed by atoms with van der Waals surface area (Å²) in [5.41, 5.74) is 2.18. The summed E-state index contributed by atoms with van der Waals surface area (Å²) in [6.45, 7) is 0.